The minimum Gasteiger partial charge on any atom is -0.496 e. The number of aryl methyl sites for hydroxylation is 1. The van der Waals surface area contributed by atoms with Gasteiger partial charge in [-0.05, 0) is 73.9 Å². The summed E-state index contributed by atoms with van der Waals surface area (Å²) in [6.07, 6.45) is 5.09. The van der Waals surface area contributed by atoms with Gasteiger partial charge in [0.25, 0.3) is 0 Å². The molecule has 2 heterocycles. The van der Waals surface area contributed by atoms with Gasteiger partial charge in [-0.3, -0.25) is 4.90 Å². The Labute approximate surface area is 197 Å². The van der Waals surface area contributed by atoms with E-state index in [1.165, 1.54) is 6.20 Å². The monoisotopic (exact) mass is 461 g/mol. The second kappa shape index (κ2) is 8.44. The van der Waals surface area contributed by atoms with E-state index in [0.29, 0.717) is 17.7 Å². The number of carboxylic acids is 1. The molecular weight excluding hydrogens is 433 g/mol. The largest absolute Gasteiger partial charge is 0.496 e. The Balaban J connectivity index is 1.52. The van der Waals surface area contributed by atoms with Crippen molar-refractivity contribution >= 4 is 16.9 Å². The van der Waals surface area contributed by atoms with Crippen LogP contribution in [0, 0.1) is 35.4 Å². The number of carbonyl (C=O) groups is 1. The smallest absolute Gasteiger partial charge is 0.335 e. The molecule has 176 valence electrons. The van der Waals surface area contributed by atoms with Gasteiger partial charge in [0, 0.05) is 35.7 Å². The first kappa shape index (κ1) is 22.4. The number of aromatic amines is 1. The first-order chi connectivity index (χ1) is 16.3. The van der Waals surface area contributed by atoms with E-state index >= 15 is 0 Å². The van der Waals surface area contributed by atoms with Crippen LogP contribution in [0.2, 0.25) is 0 Å². The molecule has 2 fully saturated rings. The summed E-state index contributed by atoms with van der Waals surface area (Å²) in [6, 6.07) is 11.5. The van der Waals surface area contributed by atoms with Gasteiger partial charge in [-0.1, -0.05) is 12.1 Å². The molecule has 6 nitrogen and oxygen atoms in total. The maximum Gasteiger partial charge on any atom is 0.335 e. The molecule has 5 rings (SSSR count). The molecule has 2 aromatic carbocycles. The van der Waals surface area contributed by atoms with Gasteiger partial charge in [0.05, 0.1) is 24.3 Å². The number of aromatic carboxylic acids is 1. The zero-order valence-corrected chi connectivity index (χ0v) is 19.4. The number of benzene rings is 2. The number of methoxy groups -OCH3 is 1. The maximum absolute atomic E-state index is 14.9. The zero-order chi connectivity index (χ0) is 24.0. The molecule has 0 amide bonds. The number of hydrogen-bond donors (Lipinski definition) is 2. The fourth-order valence-corrected chi connectivity index (χ4v) is 6.02. The average molecular weight is 462 g/mol. The molecule has 0 unspecified atom stereocenters. The van der Waals surface area contributed by atoms with Crippen molar-refractivity contribution in [3.63, 3.8) is 0 Å². The number of hydrogen-bond acceptors (Lipinski definition) is 4. The predicted molar refractivity (Wildman–Crippen MR) is 126 cm³/mol. The normalized spacial score (nSPS) is 24.6. The molecular formula is C27H28FN3O3. The quantitative estimate of drug-likeness (QED) is 0.518. The minimum absolute atomic E-state index is 0.0410. The molecule has 2 aliphatic rings. The molecule has 1 aliphatic carbocycles. The van der Waals surface area contributed by atoms with Gasteiger partial charge < -0.3 is 14.8 Å². The number of rotatable bonds is 5. The van der Waals surface area contributed by atoms with Crippen LogP contribution in [-0.4, -0.2) is 34.6 Å². The molecule has 1 saturated heterocycles. The second-order valence-electron chi connectivity index (χ2n) is 9.86. The lowest BCUT2D eigenvalue weighted by Crippen LogP contribution is -2.48. The Morgan fingerprint density at radius 2 is 2.06 bits per heavy atom. The summed E-state index contributed by atoms with van der Waals surface area (Å²) in [5, 5.41) is 19.2. The van der Waals surface area contributed by atoms with Gasteiger partial charge in [0.15, 0.2) is 0 Å². The van der Waals surface area contributed by atoms with Crippen molar-refractivity contribution in [1.29, 1.82) is 5.26 Å². The lowest BCUT2D eigenvalue weighted by Gasteiger charge is -2.53. The maximum atomic E-state index is 14.9. The van der Waals surface area contributed by atoms with Gasteiger partial charge in [0.2, 0.25) is 0 Å². The van der Waals surface area contributed by atoms with Crippen LogP contribution in [0.5, 0.6) is 5.75 Å². The third-order valence-corrected chi connectivity index (χ3v) is 7.83. The number of carboxylic acid groups (broad SMARTS) is 1. The van der Waals surface area contributed by atoms with Crippen molar-refractivity contribution in [3.8, 4) is 11.8 Å². The molecule has 1 atom stereocenters. The second-order valence-corrected chi connectivity index (χ2v) is 9.86. The Kier molecular flexibility index (Phi) is 5.57. The lowest BCUT2D eigenvalue weighted by atomic mass is 9.56. The fourth-order valence-electron chi connectivity index (χ4n) is 6.02. The predicted octanol–water partition coefficient (Wildman–Crippen LogP) is 5.58. The summed E-state index contributed by atoms with van der Waals surface area (Å²) in [7, 11) is 1.61. The van der Waals surface area contributed by atoms with Crippen LogP contribution >= 0.6 is 0 Å². The summed E-state index contributed by atoms with van der Waals surface area (Å²) in [4.78, 5) is 16.8. The third kappa shape index (κ3) is 3.72. The van der Waals surface area contributed by atoms with E-state index in [0.717, 1.165) is 54.4 Å². The molecule has 0 radical (unpaired) electrons. The Morgan fingerprint density at radius 1 is 1.32 bits per heavy atom. The van der Waals surface area contributed by atoms with Crippen LogP contribution < -0.4 is 4.74 Å². The van der Waals surface area contributed by atoms with Crippen molar-refractivity contribution in [2.45, 2.75) is 45.2 Å². The lowest BCUT2D eigenvalue weighted by molar-refractivity contribution is -0.0298. The van der Waals surface area contributed by atoms with Crippen molar-refractivity contribution < 1.29 is 19.0 Å². The molecule has 1 spiro atoms. The number of piperidine rings is 1. The average Bonchev–Trinajstić information content (AvgIpc) is 3.21. The van der Waals surface area contributed by atoms with Crippen LogP contribution in [0.3, 0.4) is 0 Å². The van der Waals surface area contributed by atoms with E-state index in [2.05, 4.69) is 16.0 Å². The van der Waals surface area contributed by atoms with Crippen LogP contribution in [0.25, 0.3) is 10.9 Å². The standard InChI is InChI=1S/C27H28FN3O3/c1-16-9-23(34-2)20(24-21(28)14-30-25(16)24)15-31-8-7-27(10-17(11-27)13-29)12-22(31)18-3-5-19(6-4-18)26(32)33/h3-6,9,14,17,22,30H,7-8,10-12,15H2,1-2H3,(H,32,33)/t17?,22-,27?/m0/s1. The van der Waals surface area contributed by atoms with E-state index in [4.69, 9.17) is 4.74 Å². The number of nitriles is 1. The molecule has 0 bridgehead atoms. The highest BCUT2D eigenvalue weighted by molar-refractivity contribution is 5.89. The zero-order valence-electron chi connectivity index (χ0n) is 19.4. The van der Waals surface area contributed by atoms with E-state index < -0.39 is 5.97 Å². The number of aromatic nitrogens is 1. The summed E-state index contributed by atoms with van der Waals surface area (Å²) >= 11 is 0. The highest BCUT2D eigenvalue weighted by Crippen LogP contribution is 2.56. The van der Waals surface area contributed by atoms with Gasteiger partial charge >= 0.3 is 5.97 Å². The van der Waals surface area contributed by atoms with Crippen molar-refractivity contribution in [2.24, 2.45) is 11.3 Å². The summed E-state index contributed by atoms with van der Waals surface area (Å²) < 4.78 is 20.6. The minimum atomic E-state index is -0.950. The van der Waals surface area contributed by atoms with Gasteiger partial charge in [-0.15, -0.1) is 0 Å². The molecule has 1 aromatic heterocycles. The van der Waals surface area contributed by atoms with Gasteiger partial charge in [-0.25, -0.2) is 9.18 Å². The number of halogens is 1. The van der Waals surface area contributed by atoms with E-state index in [9.17, 15) is 19.6 Å². The number of nitrogens with one attached hydrogen (secondary N) is 1. The number of likely N-dealkylation sites (tertiary alicyclic amines) is 1. The summed E-state index contributed by atoms with van der Waals surface area (Å²) in [5.41, 5.74) is 3.95. The number of H-pyrrole nitrogens is 1. The Bertz CT molecular complexity index is 1290. The topological polar surface area (TPSA) is 89.4 Å². The van der Waals surface area contributed by atoms with Crippen LogP contribution in [-0.2, 0) is 6.54 Å². The van der Waals surface area contributed by atoms with E-state index in [-0.39, 0.29) is 28.8 Å². The number of ether oxygens (including phenoxy) is 1. The first-order valence-corrected chi connectivity index (χ1v) is 11.6. The Morgan fingerprint density at radius 3 is 2.71 bits per heavy atom. The molecule has 3 aromatic rings. The fraction of sp³-hybridized carbons (Fsp3) is 0.407. The van der Waals surface area contributed by atoms with E-state index in [1.54, 1.807) is 19.2 Å². The van der Waals surface area contributed by atoms with Gasteiger partial charge in [-0.2, -0.15) is 5.26 Å². The first-order valence-electron chi connectivity index (χ1n) is 11.6. The third-order valence-electron chi connectivity index (χ3n) is 7.83. The van der Waals surface area contributed by atoms with E-state index in [1.807, 2.05) is 25.1 Å². The molecule has 34 heavy (non-hydrogen) atoms. The van der Waals surface area contributed by atoms with Crippen molar-refractivity contribution in [2.75, 3.05) is 13.7 Å². The van der Waals surface area contributed by atoms with Crippen LogP contribution in [0.1, 0.15) is 58.8 Å². The SMILES string of the molecule is COc1cc(C)c2[nH]cc(F)c2c1CN1CCC2(CC(C#N)C2)C[C@H]1c1ccc(C(=O)O)cc1. The number of nitrogens with zero attached hydrogens (tertiary/aromatic N) is 2. The van der Waals surface area contributed by atoms with Crippen LogP contribution in [0.15, 0.2) is 36.5 Å². The van der Waals surface area contributed by atoms with Crippen molar-refractivity contribution in [3.05, 3.63) is 64.6 Å². The van der Waals surface area contributed by atoms with Crippen molar-refractivity contribution in [1.82, 2.24) is 9.88 Å². The molecule has 7 heteroatoms. The van der Waals surface area contributed by atoms with Crippen LogP contribution in [0.4, 0.5) is 4.39 Å². The molecule has 1 saturated carbocycles. The highest BCUT2D eigenvalue weighted by atomic mass is 19.1. The molecule has 1 aliphatic heterocycles. The molecule has 2 N–H and O–H groups in total. The summed E-state index contributed by atoms with van der Waals surface area (Å²) in [5.74, 6) is -0.461. The Hall–Kier alpha value is -3.37. The summed E-state index contributed by atoms with van der Waals surface area (Å²) in [6.45, 7) is 3.26. The number of fused-ring (bicyclic) bond motifs is 1. The highest BCUT2D eigenvalue weighted by Gasteiger charge is 2.49. The van der Waals surface area contributed by atoms with Gasteiger partial charge in [0.1, 0.15) is 11.6 Å².